The number of hydrogen-bond acceptors (Lipinski definition) is 2. The van der Waals surface area contributed by atoms with Crippen molar-refractivity contribution >= 4 is 11.8 Å². The maximum absolute atomic E-state index is 12.1. The van der Waals surface area contributed by atoms with Crippen LogP contribution in [0.2, 0.25) is 0 Å². The predicted octanol–water partition coefficient (Wildman–Crippen LogP) is 1.91. The zero-order valence-electron chi connectivity index (χ0n) is 11.9. The lowest BCUT2D eigenvalue weighted by atomic mass is 9.80. The quantitative estimate of drug-likeness (QED) is 0.762. The largest absolute Gasteiger partial charge is 0.357 e. The number of amides is 2. The summed E-state index contributed by atoms with van der Waals surface area (Å²) in [5.41, 5.74) is 0.449. The Balaban J connectivity index is 2.04. The molecule has 0 spiro atoms. The topological polar surface area (TPSA) is 58.2 Å². The van der Waals surface area contributed by atoms with E-state index in [1.54, 1.807) is 13.1 Å². The van der Waals surface area contributed by atoms with Gasteiger partial charge in [-0.05, 0) is 38.5 Å². The smallest absolute Gasteiger partial charge is 0.245 e. The van der Waals surface area contributed by atoms with Crippen LogP contribution >= 0.6 is 0 Å². The summed E-state index contributed by atoms with van der Waals surface area (Å²) >= 11 is 0. The molecule has 4 nitrogen and oxygen atoms in total. The molecule has 0 saturated heterocycles. The number of rotatable bonds is 4. The summed E-state index contributed by atoms with van der Waals surface area (Å²) in [7, 11) is 1.64. The van der Waals surface area contributed by atoms with Crippen molar-refractivity contribution in [2.45, 2.75) is 57.4 Å². The van der Waals surface area contributed by atoms with E-state index in [-0.39, 0.29) is 11.8 Å². The van der Waals surface area contributed by atoms with Crippen LogP contribution in [-0.4, -0.2) is 24.4 Å². The molecule has 0 bridgehead atoms. The van der Waals surface area contributed by atoms with Crippen LogP contribution < -0.4 is 10.6 Å². The van der Waals surface area contributed by atoms with E-state index in [2.05, 4.69) is 10.6 Å². The minimum absolute atomic E-state index is 0.0574. The monoisotopic (exact) mass is 264 g/mol. The first kappa shape index (κ1) is 14.1. The zero-order valence-corrected chi connectivity index (χ0v) is 11.9. The molecule has 19 heavy (non-hydrogen) atoms. The molecule has 0 aromatic carbocycles. The van der Waals surface area contributed by atoms with Gasteiger partial charge >= 0.3 is 0 Å². The van der Waals surface area contributed by atoms with Gasteiger partial charge in [-0.3, -0.25) is 9.59 Å². The van der Waals surface area contributed by atoms with Crippen LogP contribution in [0, 0.1) is 5.92 Å². The van der Waals surface area contributed by atoms with Gasteiger partial charge in [-0.25, -0.2) is 0 Å². The van der Waals surface area contributed by atoms with Gasteiger partial charge in [0.15, 0.2) is 0 Å². The third-order valence-electron chi connectivity index (χ3n) is 4.31. The minimum Gasteiger partial charge on any atom is -0.357 e. The van der Waals surface area contributed by atoms with Crippen molar-refractivity contribution in [2.24, 2.45) is 5.92 Å². The van der Waals surface area contributed by atoms with Gasteiger partial charge in [-0.15, -0.1) is 0 Å². The van der Waals surface area contributed by atoms with Gasteiger partial charge in [-0.1, -0.05) is 24.8 Å². The summed E-state index contributed by atoms with van der Waals surface area (Å²) in [6.07, 6.45) is 8.69. The van der Waals surface area contributed by atoms with Crippen molar-refractivity contribution in [1.29, 1.82) is 0 Å². The number of hydrogen-bond donors (Lipinski definition) is 2. The zero-order chi connectivity index (χ0) is 13.9. The Bertz CT molecular complexity index is 391. The van der Waals surface area contributed by atoms with Crippen LogP contribution in [0.3, 0.4) is 0 Å². The average molecular weight is 264 g/mol. The minimum atomic E-state index is -0.690. The van der Waals surface area contributed by atoms with Crippen molar-refractivity contribution < 1.29 is 9.59 Å². The predicted molar refractivity (Wildman–Crippen MR) is 74.5 cm³/mol. The molecule has 0 radical (unpaired) electrons. The fraction of sp³-hybridized carbons (Fsp3) is 0.733. The number of carbonyl (C=O) groups excluding carboxylic acids is 2. The molecular weight excluding hydrogens is 240 g/mol. The van der Waals surface area contributed by atoms with Crippen molar-refractivity contribution in [1.82, 2.24) is 10.6 Å². The molecule has 0 atom stereocenters. The van der Waals surface area contributed by atoms with Crippen LogP contribution in [0.15, 0.2) is 11.6 Å². The number of carbonyl (C=O) groups is 2. The molecule has 2 rings (SSSR count). The molecule has 2 aliphatic carbocycles. The molecule has 0 unspecified atom stereocenters. The number of likely N-dealkylation sites (N-methyl/N-ethyl adjacent to an activating group) is 1. The summed E-state index contributed by atoms with van der Waals surface area (Å²) < 4.78 is 0. The van der Waals surface area contributed by atoms with Gasteiger partial charge in [0.25, 0.3) is 0 Å². The highest BCUT2D eigenvalue weighted by Gasteiger charge is 2.40. The number of nitrogens with one attached hydrogen (secondary N) is 2. The maximum atomic E-state index is 12.1. The molecule has 0 aliphatic heterocycles. The lowest BCUT2D eigenvalue weighted by molar-refractivity contribution is -0.133. The molecule has 0 aromatic rings. The Morgan fingerprint density at radius 3 is 2.32 bits per heavy atom. The summed E-state index contributed by atoms with van der Waals surface area (Å²) in [5.74, 6) is 0.418. The Morgan fingerprint density at radius 1 is 1.16 bits per heavy atom. The molecule has 0 heterocycles. The molecule has 2 N–H and O–H groups in total. The van der Waals surface area contributed by atoms with Crippen molar-refractivity contribution in [3.63, 3.8) is 0 Å². The average Bonchev–Trinajstić information content (AvgIpc) is 3.22. The SMILES string of the molecule is CNC(=O)C1(NC(=O)/C=C(\C)C2CC2)CCCCC1. The van der Waals surface area contributed by atoms with Crippen LogP contribution in [-0.2, 0) is 9.59 Å². The molecule has 0 aromatic heterocycles. The second kappa shape index (κ2) is 5.76. The fourth-order valence-electron chi connectivity index (χ4n) is 2.94. The Hall–Kier alpha value is -1.32. The van der Waals surface area contributed by atoms with E-state index < -0.39 is 5.54 Å². The summed E-state index contributed by atoms with van der Waals surface area (Å²) in [4.78, 5) is 24.2. The van der Waals surface area contributed by atoms with Crippen LogP contribution in [0.1, 0.15) is 51.9 Å². The summed E-state index contributed by atoms with van der Waals surface area (Å²) in [6.45, 7) is 2.00. The molecule has 2 aliphatic rings. The van der Waals surface area contributed by atoms with E-state index in [0.717, 1.165) is 37.7 Å². The highest BCUT2D eigenvalue weighted by Crippen LogP contribution is 2.36. The van der Waals surface area contributed by atoms with E-state index in [1.807, 2.05) is 6.92 Å². The van der Waals surface area contributed by atoms with E-state index in [4.69, 9.17) is 0 Å². The van der Waals surface area contributed by atoms with E-state index in [1.165, 1.54) is 12.8 Å². The molecule has 2 saturated carbocycles. The van der Waals surface area contributed by atoms with Gasteiger partial charge in [0.2, 0.25) is 11.8 Å². The van der Waals surface area contributed by atoms with Crippen LogP contribution in [0.4, 0.5) is 0 Å². The third-order valence-corrected chi connectivity index (χ3v) is 4.31. The highest BCUT2D eigenvalue weighted by atomic mass is 16.2. The van der Waals surface area contributed by atoms with Gasteiger partial charge in [-0.2, -0.15) is 0 Å². The van der Waals surface area contributed by atoms with Gasteiger partial charge in [0.05, 0.1) is 0 Å². The molecule has 106 valence electrons. The summed E-state index contributed by atoms with van der Waals surface area (Å²) in [6, 6.07) is 0. The van der Waals surface area contributed by atoms with E-state index in [9.17, 15) is 9.59 Å². The molecular formula is C15H24N2O2. The Morgan fingerprint density at radius 2 is 1.79 bits per heavy atom. The molecule has 2 amide bonds. The van der Waals surface area contributed by atoms with Crippen molar-refractivity contribution in [2.75, 3.05) is 7.05 Å². The van der Waals surface area contributed by atoms with Gasteiger partial charge < -0.3 is 10.6 Å². The maximum Gasteiger partial charge on any atom is 0.245 e. The Labute approximate surface area is 115 Å². The Kier molecular flexibility index (Phi) is 4.27. The third kappa shape index (κ3) is 3.37. The first-order valence-electron chi connectivity index (χ1n) is 7.30. The van der Waals surface area contributed by atoms with Crippen LogP contribution in [0.5, 0.6) is 0 Å². The van der Waals surface area contributed by atoms with Crippen molar-refractivity contribution in [3.05, 3.63) is 11.6 Å². The first-order valence-corrected chi connectivity index (χ1v) is 7.30. The van der Waals surface area contributed by atoms with E-state index in [0.29, 0.717) is 5.92 Å². The standard InChI is InChI=1S/C15H24N2O2/c1-11(12-6-7-12)10-13(18)17-15(14(19)16-2)8-4-3-5-9-15/h10,12H,3-9H2,1-2H3,(H,16,19)(H,17,18)/b11-10+. The first-order chi connectivity index (χ1) is 9.07. The molecule has 2 fully saturated rings. The lowest BCUT2D eigenvalue weighted by Crippen LogP contribution is -2.58. The normalized spacial score (nSPS) is 22.7. The van der Waals surface area contributed by atoms with Gasteiger partial charge in [0.1, 0.15) is 5.54 Å². The van der Waals surface area contributed by atoms with Crippen LogP contribution in [0.25, 0.3) is 0 Å². The fourth-order valence-corrected chi connectivity index (χ4v) is 2.94. The second-order valence-electron chi connectivity index (χ2n) is 5.87. The van der Waals surface area contributed by atoms with E-state index >= 15 is 0 Å². The van der Waals surface area contributed by atoms with Crippen molar-refractivity contribution in [3.8, 4) is 0 Å². The highest BCUT2D eigenvalue weighted by molar-refractivity contribution is 5.95. The lowest BCUT2D eigenvalue weighted by Gasteiger charge is -2.35. The summed E-state index contributed by atoms with van der Waals surface area (Å²) in [5, 5.41) is 5.66. The molecule has 4 heteroatoms. The number of allylic oxidation sites excluding steroid dienone is 1. The van der Waals surface area contributed by atoms with Gasteiger partial charge in [0, 0.05) is 13.1 Å². The second-order valence-corrected chi connectivity index (χ2v) is 5.87.